The molecule has 2 aliphatic carbocycles. The third-order valence-corrected chi connectivity index (χ3v) is 5.13. The Morgan fingerprint density at radius 1 is 1.10 bits per heavy atom. The zero-order chi connectivity index (χ0) is 14.0. The van der Waals surface area contributed by atoms with E-state index >= 15 is 0 Å². The Hall–Kier alpha value is -2.17. The molecule has 2 aromatic rings. The van der Waals surface area contributed by atoms with Gasteiger partial charge in [0.25, 0.3) is 0 Å². The SMILES string of the molecule is Nc1onc(C2C3CCCC32)c1-c1ccc2c(c1)OCO2. The van der Waals surface area contributed by atoms with Crippen LogP contribution < -0.4 is 15.2 Å². The Bertz CT molecular complexity index is 714. The number of benzene rings is 1. The molecule has 0 saturated heterocycles. The minimum atomic E-state index is 0.275. The number of nitrogen functional groups attached to an aromatic ring is 1. The fourth-order valence-corrected chi connectivity index (χ4v) is 4.11. The molecule has 0 spiro atoms. The van der Waals surface area contributed by atoms with Crippen LogP contribution in [-0.2, 0) is 0 Å². The van der Waals surface area contributed by atoms with Crippen LogP contribution in [0.25, 0.3) is 11.1 Å². The lowest BCUT2D eigenvalue weighted by atomic mass is 9.99. The molecule has 0 bridgehead atoms. The van der Waals surface area contributed by atoms with E-state index in [2.05, 4.69) is 5.16 Å². The van der Waals surface area contributed by atoms with E-state index in [0.717, 1.165) is 40.2 Å². The molecule has 5 rings (SSSR count). The summed E-state index contributed by atoms with van der Waals surface area (Å²) in [4.78, 5) is 0. The average molecular weight is 284 g/mol. The highest BCUT2D eigenvalue weighted by Gasteiger charge is 2.55. The summed E-state index contributed by atoms with van der Waals surface area (Å²) in [6, 6.07) is 5.88. The van der Waals surface area contributed by atoms with Crippen molar-refractivity contribution in [1.82, 2.24) is 5.16 Å². The molecule has 2 fully saturated rings. The number of rotatable bonds is 2. The van der Waals surface area contributed by atoms with Crippen LogP contribution in [-0.4, -0.2) is 11.9 Å². The van der Waals surface area contributed by atoms with Crippen molar-refractivity contribution in [2.45, 2.75) is 25.2 Å². The number of hydrogen-bond acceptors (Lipinski definition) is 5. The van der Waals surface area contributed by atoms with Crippen LogP contribution in [0.2, 0.25) is 0 Å². The lowest BCUT2D eigenvalue weighted by Crippen LogP contribution is -1.93. The van der Waals surface area contributed by atoms with Crippen LogP contribution in [0, 0.1) is 11.8 Å². The summed E-state index contributed by atoms with van der Waals surface area (Å²) in [6.45, 7) is 0.275. The predicted octanol–water partition coefficient (Wildman–Crippen LogP) is 3.17. The maximum atomic E-state index is 6.03. The van der Waals surface area contributed by atoms with Gasteiger partial charge in [0, 0.05) is 5.92 Å². The normalized spacial score (nSPS) is 28.7. The fraction of sp³-hybridized carbons (Fsp3) is 0.438. The van der Waals surface area contributed by atoms with Crippen molar-refractivity contribution in [3.05, 3.63) is 23.9 Å². The van der Waals surface area contributed by atoms with Gasteiger partial charge in [-0.2, -0.15) is 0 Å². The Kier molecular flexibility index (Phi) is 2.15. The Labute approximate surface area is 122 Å². The third kappa shape index (κ3) is 1.54. The van der Waals surface area contributed by atoms with Crippen LogP contribution in [0.3, 0.4) is 0 Å². The van der Waals surface area contributed by atoms with E-state index < -0.39 is 0 Å². The number of anilines is 1. The molecule has 1 aromatic carbocycles. The predicted molar refractivity (Wildman–Crippen MR) is 76.0 cm³/mol. The first kappa shape index (κ1) is 11.5. The molecule has 2 N–H and O–H groups in total. The minimum Gasteiger partial charge on any atom is -0.454 e. The molecule has 108 valence electrons. The maximum Gasteiger partial charge on any atom is 0.231 e. The molecule has 2 unspecified atom stereocenters. The molecule has 5 heteroatoms. The first-order valence-electron chi connectivity index (χ1n) is 7.48. The summed E-state index contributed by atoms with van der Waals surface area (Å²) in [5, 5.41) is 4.26. The third-order valence-electron chi connectivity index (χ3n) is 5.13. The topological polar surface area (TPSA) is 70.5 Å². The van der Waals surface area contributed by atoms with Crippen LogP contribution in [0.15, 0.2) is 22.7 Å². The molecule has 0 radical (unpaired) electrons. The molecule has 2 atom stereocenters. The van der Waals surface area contributed by atoms with Crippen LogP contribution >= 0.6 is 0 Å². The molecule has 5 nitrogen and oxygen atoms in total. The van der Waals surface area contributed by atoms with E-state index in [1.807, 2.05) is 18.2 Å². The van der Waals surface area contributed by atoms with Crippen molar-refractivity contribution in [3.8, 4) is 22.6 Å². The zero-order valence-corrected chi connectivity index (χ0v) is 11.5. The largest absolute Gasteiger partial charge is 0.454 e. The molecule has 1 aliphatic heterocycles. The summed E-state index contributed by atoms with van der Waals surface area (Å²) in [6.07, 6.45) is 3.96. The summed E-state index contributed by atoms with van der Waals surface area (Å²) < 4.78 is 16.1. The van der Waals surface area contributed by atoms with Crippen molar-refractivity contribution in [2.24, 2.45) is 11.8 Å². The molecule has 3 aliphatic rings. The van der Waals surface area contributed by atoms with E-state index in [9.17, 15) is 0 Å². The highest BCUT2D eigenvalue weighted by molar-refractivity contribution is 5.78. The Balaban J connectivity index is 1.58. The van der Waals surface area contributed by atoms with E-state index in [1.165, 1.54) is 19.3 Å². The lowest BCUT2D eigenvalue weighted by molar-refractivity contribution is 0.174. The van der Waals surface area contributed by atoms with Crippen LogP contribution in [0.1, 0.15) is 30.9 Å². The average Bonchev–Trinajstić information content (AvgIpc) is 2.96. The highest BCUT2D eigenvalue weighted by atomic mass is 16.7. The second kappa shape index (κ2) is 3.93. The summed E-state index contributed by atoms with van der Waals surface area (Å²) in [5.41, 5.74) is 9.00. The zero-order valence-electron chi connectivity index (χ0n) is 11.5. The molecule has 1 aromatic heterocycles. The smallest absolute Gasteiger partial charge is 0.231 e. The molecule has 2 saturated carbocycles. The van der Waals surface area contributed by atoms with Gasteiger partial charge in [-0.05, 0) is 42.4 Å². The van der Waals surface area contributed by atoms with Crippen molar-refractivity contribution < 1.29 is 14.0 Å². The molecular formula is C16H16N2O3. The number of hydrogen-bond donors (Lipinski definition) is 1. The van der Waals surface area contributed by atoms with Gasteiger partial charge in [0.1, 0.15) is 0 Å². The number of nitrogens with zero attached hydrogens (tertiary/aromatic N) is 1. The van der Waals surface area contributed by atoms with Gasteiger partial charge in [0.2, 0.25) is 12.7 Å². The fourth-order valence-electron chi connectivity index (χ4n) is 4.11. The number of ether oxygens (including phenoxy) is 2. The van der Waals surface area contributed by atoms with E-state index in [4.69, 9.17) is 19.7 Å². The van der Waals surface area contributed by atoms with Gasteiger partial charge in [-0.15, -0.1) is 0 Å². The second-order valence-electron chi connectivity index (χ2n) is 6.16. The second-order valence-corrected chi connectivity index (χ2v) is 6.16. The van der Waals surface area contributed by atoms with Gasteiger partial charge in [0.15, 0.2) is 11.5 Å². The highest BCUT2D eigenvalue weighted by Crippen LogP contribution is 2.64. The van der Waals surface area contributed by atoms with Crippen molar-refractivity contribution >= 4 is 5.88 Å². The monoisotopic (exact) mass is 284 g/mol. The summed E-state index contributed by atoms with van der Waals surface area (Å²) >= 11 is 0. The first-order chi connectivity index (χ1) is 10.3. The van der Waals surface area contributed by atoms with Crippen LogP contribution in [0.4, 0.5) is 5.88 Å². The number of nitrogens with two attached hydrogens (primary N) is 1. The van der Waals surface area contributed by atoms with Gasteiger partial charge in [-0.1, -0.05) is 17.6 Å². The maximum absolute atomic E-state index is 6.03. The quantitative estimate of drug-likeness (QED) is 0.917. The van der Waals surface area contributed by atoms with Crippen molar-refractivity contribution in [3.63, 3.8) is 0 Å². The number of fused-ring (bicyclic) bond motifs is 2. The first-order valence-corrected chi connectivity index (χ1v) is 7.48. The molecule has 0 amide bonds. The molecular weight excluding hydrogens is 268 g/mol. The summed E-state index contributed by atoms with van der Waals surface area (Å²) in [7, 11) is 0. The van der Waals surface area contributed by atoms with Gasteiger partial charge >= 0.3 is 0 Å². The van der Waals surface area contributed by atoms with Gasteiger partial charge in [-0.3, -0.25) is 0 Å². The van der Waals surface area contributed by atoms with Gasteiger partial charge in [0.05, 0.1) is 11.3 Å². The van der Waals surface area contributed by atoms with Gasteiger partial charge in [-0.25, -0.2) is 0 Å². The van der Waals surface area contributed by atoms with Crippen LogP contribution in [0.5, 0.6) is 11.5 Å². The lowest BCUT2D eigenvalue weighted by Gasteiger charge is -2.05. The summed E-state index contributed by atoms with van der Waals surface area (Å²) in [5.74, 6) is 4.02. The molecule has 21 heavy (non-hydrogen) atoms. The number of aromatic nitrogens is 1. The van der Waals surface area contributed by atoms with Crippen molar-refractivity contribution in [2.75, 3.05) is 12.5 Å². The van der Waals surface area contributed by atoms with E-state index in [1.54, 1.807) is 0 Å². The van der Waals surface area contributed by atoms with Crippen molar-refractivity contribution in [1.29, 1.82) is 0 Å². The molecule has 2 heterocycles. The minimum absolute atomic E-state index is 0.275. The van der Waals surface area contributed by atoms with E-state index in [-0.39, 0.29) is 6.79 Å². The van der Waals surface area contributed by atoms with E-state index in [0.29, 0.717) is 11.8 Å². The standard InChI is InChI=1S/C16H16N2O3/c17-16-13(8-4-5-11-12(6-8)20-7-19-11)15(18-21-16)14-9-2-1-3-10(9)14/h4-6,9-10,14H,1-3,7,17H2. The Morgan fingerprint density at radius 3 is 2.76 bits per heavy atom. The Morgan fingerprint density at radius 2 is 1.90 bits per heavy atom. The van der Waals surface area contributed by atoms with Gasteiger partial charge < -0.3 is 19.7 Å².